The third-order valence-corrected chi connectivity index (χ3v) is 2.93. The second kappa shape index (κ2) is 5.88. The third-order valence-electron chi connectivity index (χ3n) is 2.93. The van der Waals surface area contributed by atoms with E-state index in [9.17, 15) is 0 Å². The van der Waals surface area contributed by atoms with Crippen molar-refractivity contribution in [3.8, 4) is 17.4 Å². The average Bonchev–Trinajstić information content (AvgIpc) is 3.03. The lowest BCUT2D eigenvalue weighted by Crippen LogP contribution is -2.01. The first-order valence-corrected chi connectivity index (χ1v) is 6.47. The normalized spacial score (nSPS) is 10.0. The molecule has 0 aliphatic heterocycles. The van der Waals surface area contributed by atoms with Crippen molar-refractivity contribution >= 4 is 5.82 Å². The van der Waals surface area contributed by atoms with E-state index in [0.717, 1.165) is 17.0 Å². The van der Waals surface area contributed by atoms with Gasteiger partial charge in [-0.15, -0.1) is 0 Å². The summed E-state index contributed by atoms with van der Waals surface area (Å²) in [7, 11) is 0. The summed E-state index contributed by atoms with van der Waals surface area (Å²) in [6.07, 6.45) is 0. The molecule has 0 atom stereocenters. The molecule has 0 saturated carbocycles. The van der Waals surface area contributed by atoms with Gasteiger partial charge in [-0.25, -0.2) is 4.98 Å². The predicted octanol–water partition coefficient (Wildman–Crippen LogP) is 3.22. The van der Waals surface area contributed by atoms with Crippen LogP contribution in [0.3, 0.4) is 0 Å². The van der Waals surface area contributed by atoms with E-state index < -0.39 is 0 Å². The van der Waals surface area contributed by atoms with Gasteiger partial charge in [0.05, 0.1) is 6.54 Å². The van der Waals surface area contributed by atoms with Gasteiger partial charge in [0.1, 0.15) is 23.3 Å². The Balaban J connectivity index is 1.69. The highest BCUT2D eigenvalue weighted by molar-refractivity contribution is 5.57. The fraction of sp³-hybridized carbons (Fsp3) is 0.0625. The van der Waals surface area contributed by atoms with Crippen molar-refractivity contribution in [3.63, 3.8) is 0 Å². The van der Waals surface area contributed by atoms with Crippen LogP contribution in [0.4, 0.5) is 5.82 Å². The summed E-state index contributed by atoms with van der Waals surface area (Å²) in [4.78, 5) is 4.14. The number of rotatable bonds is 4. The van der Waals surface area contributed by atoms with Crippen LogP contribution in [0.2, 0.25) is 0 Å². The first-order chi connectivity index (χ1) is 10.3. The summed E-state index contributed by atoms with van der Waals surface area (Å²) in [6, 6.07) is 18.9. The molecule has 0 fully saturated rings. The molecule has 0 saturated heterocycles. The molecule has 3 aromatic rings. The molecule has 2 heterocycles. The van der Waals surface area contributed by atoms with Gasteiger partial charge in [-0.05, 0) is 12.1 Å². The first-order valence-electron chi connectivity index (χ1n) is 6.47. The number of nitrogens with one attached hydrogen (secondary N) is 1. The van der Waals surface area contributed by atoms with Gasteiger partial charge >= 0.3 is 0 Å². The molecule has 102 valence electrons. The number of aromatic nitrogens is 2. The van der Waals surface area contributed by atoms with Crippen LogP contribution in [0.5, 0.6) is 0 Å². The molecule has 0 spiro atoms. The van der Waals surface area contributed by atoms with Crippen LogP contribution in [-0.4, -0.2) is 10.1 Å². The number of anilines is 1. The smallest absolute Gasteiger partial charge is 0.167 e. The number of pyridine rings is 1. The molecular weight excluding hydrogens is 264 g/mol. The van der Waals surface area contributed by atoms with Crippen molar-refractivity contribution < 1.29 is 4.52 Å². The fourth-order valence-corrected chi connectivity index (χ4v) is 1.91. The Morgan fingerprint density at radius 2 is 1.95 bits per heavy atom. The zero-order chi connectivity index (χ0) is 14.5. The van der Waals surface area contributed by atoms with Crippen molar-refractivity contribution in [1.29, 1.82) is 5.26 Å². The highest BCUT2D eigenvalue weighted by Gasteiger charge is 2.06. The lowest BCUT2D eigenvalue weighted by atomic mass is 10.2. The fourth-order valence-electron chi connectivity index (χ4n) is 1.91. The Kier molecular flexibility index (Phi) is 3.61. The molecule has 2 aromatic heterocycles. The van der Waals surface area contributed by atoms with E-state index >= 15 is 0 Å². The molecular formula is C16H12N4O. The number of hydrogen-bond donors (Lipinski definition) is 1. The van der Waals surface area contributed by atoms with Gasteiger partial charge in [-0.3, -0.25) is 0 Å². The van der Waals surface area contributed by atoms with Crippen molar-refractivity contribution in [2.75, 3.05) is 5.32 Å². The largest absolute Gasteiger partial charge is 0.364 e. The van der Waals surface area contributed by atoms with Crippen molar-refractivity contribution in [1.82, 2.24) is 10.1 Å². The van der Waals surface area contributed by atoms with E-state index in [-0.39, 0.29) is 0 Å². The molecule has 0 radical (unpaired) electrons. The highest BCUT2D eigenvalue weighted by atomic mass is 16.5. The SMILES string of the molecule is N#Cc1cccc(NCc2cc(-c3ccccc3)on2)n1. The first kappa shape index (κ1) is 12.9. The van der Waals surface area contributed by atoms with E-state index in [1.165, 1.54) is 0 Å². The van der Waals surface area contributed by atoms with E-state index in [1.54, 1.807) is 18.2 Å². The minimum Gasteiger partial charge on any atom is -0.364 e. The third kappa shape index (κ3) is 3.07. The molecule has 5 heteroatoms. The summed E-state index contributed by atoms with van der Waals surface area (Å²) in [6.45, 7) is 0.484. The van der Waals surface area contributed by atoms with Crippen LogP contribution < -0.4 is 5.32 Å². The summed E-state index contributed by atoms with van der Waals surface area (Å²) < 4.78 is 5.32. The average molecular weight is 276 g/mol. The summed E-state index contributed by atoms with van der Waals surface area (Å²) in [5, 5.41) is 15.9. The minimum atomic E-state index is 0.380. The summed E-state index contributed by atoms with van der Waals surface area (Å²) in [5.41, 5.74) is 2.14. The molecule has 21 heavy (non-hydrogen) atoms. The van der Waals surface area contributed by atoms with E-state index in [1.807, 2.05) is 42.5 Å². The van der Waals surface area contributed by atoms with Crippen molar-refractivity contribution in [2.24, 2.45) is 0 Å². The minimum absolute atomic E-state index is 0.380. The monoisotopic (exact) mass is 276 g/mol. The second-order valence-corrected chi connectivity index (χ2v) is 4.42. The van der Waals surface area contributed by atoms with Crippen molar-refractivity contribution in [2.45, 2.75) is 6.54 Å². The quantitative estimate of drug-likeness (QED) is 0.791. The predicted molar refractivity (Wildman–Crippen MR) is 78.2 cm³/mol. The topological polar surface area (TPSA) is 74.7 Å². The van der Waals surface area contributed by atoms with Gasteiger partial charge in [-0.2, -0.15) is 5.26 Å². The Labute approximate surface area is 121 Å². The Morgan fingerprint density at radius 3 is 2.76 bits per heavy atom. The van der Waals surface area contributed by atoms with E-state index in [4.69, 9.17) is 9.78 Å². The van der Waals surface area contributed by atoms with Crippen LogP contribution in [-0.2, 0) is 6.54 Å². The maximum atomic E-state index is 8.81. The number of nitriles is 1. The lowest BCUT2D eigenvalue weighted by molar-refractivity contribution is 0.424. The number of hydrogen-bond acceptors (Lipinski definition) is 5. The van der Waals surface area contributed by atoms with Gasteiger partial charge in [0.15, 0.2) is 5.76 Å². The van der Waals surface area contributed by atoms with Gasteiger partial charge in [0.2, 0.25) is 0 Å². The number of nitrogens with zero attached hydrogens (tertiary/aromatic N) is 3. The molecule has 0 amide bonds. The van der Waals surface area contributed by atoms with Crippen LogP contribution in [0.25, 0.3) is 11.3 Å². The summed E-state index contributed by atoms with van der Waals surface area (Å²) >= 11 is 0. The second-order valence-electron chi connectivity index (χ2n) is 4.42. The van der Waals surface area contributed by atoms with Crippen LogP contribution in [0.15, 0.2) is 59.1 Å². The molecule has 1 aromatic carbocycles. The van der Waals surface area contributed by atoms with Gasteiger partial charge in [0.25, 0.3) is 0 Å². The highest BCUT2D eigenvalue weighted by Crippen LogP contribution is 2.20. The molecule has 0 aliphatic carbocycles. The standard InChI is InChI=1S/C16H12N4O/c17-10-13-7-4-8-16(19-13)18-11-14-9-15(21-20-14)12-5-2-1-3-6-12/h1-9H,11H2,(H,18,19). The van der Waals surface area contributed by atoms with Crippen LogP contribution in [0, 0.1) is 11.3 Å². The van der Waals surface area contributed by atoms with E-state index in [0.29, 0.717) is 18.1 Å². The Bertz CT molecular complexity index is 774. The van der Waals surface area contributed by atoms with Gasteiger partial charge in [-0.1, -0.05) is 41.6 Å². The lowest BCUT2D eigenvalue weighted by Gasteiger charge is -2.02. The van der Waals surface area contributed by atoms with Crippen molar-refractivity contribution in [3.05, 3.63) is 66.0 Å². The summed E-state index contributed by atoms with van der Waals surface area (Å²) in [5.74, 6) is 1.37. The van der Waals surface area contributed by atoms with Gasteiger partial charge in [0, 0.05) is 11.6 Å². The Hall–Kier alpha value is -3.13. The zero-order valence-corrected chi connectivity index (χ0v) is 11.2. The maximum absolute atomic E-state index is 8.81. The Morgan fingerprint density at radius 1 is 1.10 bits per heavy atom. The molecule has 1 N–H and O–H groups in total. The molecule has 0 unspecified atom stereocenters. The number of benzene rings is 1. The van der Waals surface area contributed by atoms with Crippen LogP contribution in [0.1, 0.15) is 11.4 Å². The zero-order valence-electron chi connectivity index (χ0n) is 11.2. The van der Waals surface area contributed by atoms with Crippen LogP contribution >= 0.6 is 0 Å². The maximum Gasteiger partial charge on any atom is 0.167 e. The van der Waals surface area contributed by atoms with Gasteiger partial charge < -0.3 is 9.84 Å². The molecule has 3 rings (SSSR count). The molecule has 0 aliphatic rings. The molecule has 0 bridgehead atoms. The molecule has 5 nitrogen and oxygen atoms in total. The van der Waals surface area contributed by atoms with E-state index in [2.05, 4.69) is 15.5 Å².